The van der Waals surface area contributed by atoms with Crippen molar-refractivity contribution in [2.45, 2.75) is 13.1 Å². The summed E-state index contributed by atoms with van der Waals surface area (Å²) in [4.78, 5) is 0. The van der Waals surface area contributed by atoms with Crippen LogP contribution >= 0.6 is 0 Å². The van der Waals surface area contributed by atoms with E-state index in [1.54, 1.807) is 6.92 Å². The number of halogens is 3. The molecule has 0 aliphatic carbocycles. The number of aryl methyl sites for hydroxylation is 1. The molecular formula is C10H12F3NO. The monoisotopic (exact) mass is 219 g/mol. The summed E-state index contributed by atoms with van der Waals surface area (Å²) in [6.45, 7) is 2.20. The molecule has 0 atom stereocenters. The second kappa shape index (κ2) is 4.53. The van der Waals surface area contributed by atoms with Gasteiger partial charge in [0.1, 0.15) is 12.4 Å². The lowest BCUT2D eigenvalue weighted by atomic mass is 10.1. The van der Waals surface area contributed by atoms with E-state index in [1.165, 1.54) is 6.07 Å². The largest absolute Gasteiger partial charge is 0.492 e. The van der Waals surface area contributed by atoms with Crippen molar-refractivity contribution in [2.75, 3.05) is 13.2 Å². The summed E-state index contributed by atoms with van der Waals surface area (Å²) < 4.78 is 42.0. The van der Waals surface area contributed by atoms with Gasteiger partial charge in [0.05, 0.1) is 5.56 Å². The Kier molecular flexibility index (Phi) is 3.57. The summed E-state index contributed by atoms with van der Waals surface area (Å²) in [6.07, 6.45) is -4.31. The Balaban J connectivity index is 2.88. The van der Waals surface area contributed by atoms with Gasteiger partial charge in [0.25, 0.3) is 0 Å². The summed E-state index contributed by atoms with van der Waals surface area (Å²) in [7, 11) is 0. The van der Waals surface area contributed by atoms with Gasteiger partial charge in [-0.1, -0.05) is 0 Å². The number of nitrogens with two attached hydrogens (primary N) is 1. The lowest BCUT2D eigenvalue weighted by Crippen LogP contribution is -2.11. The fourth-order valence-electron chi connectivity index (χ4n) is 1.16. The zero-order chi connectivity index (χ0) is 11.5. The molecule has 1 rings (SSSR count). The first-order chi connectivity index (χ1) is 6.95. The van der Waals surface area contributed by atoms with E-state index in [0.29, 0.717) is 24.5 Å². The van der Waals surface area contributed by atoms with E-state index in [4.69, 9.17) is 10.5 Å². The summed E-state index contributed by atoms with van der Waals surface area (Å²) in [5, 5.41) is 0. The van der Waals surface area contributed by atoms with Crippen LogP contribution in [0.4, 0.5) is 13.2 Å². The van der Waals surface area contributed by atoms with Crippen LogP contribution in [0.1, 0.15) is 11.1 Å². The topological polar surface area (TPSA) is 35.2 Å². The number of hydrogen-bond acceptors (Lipinski definition) is 2. The summed E-state index contributed by atoms with van der Waals surface area (Å²) in [5.41, 5.74) is 5.01. The van der Waals surface area contributed by atoms with Crippen molar-refractivity contribution in [3.63, 3.8) is 0 Å². The maximum atomic E-state index is 12.3. The van der Waals surface area contributed by atoms with Crippen LogP contribution < -0.4 is 10.5 Å². The van der Waals surface area contributed by atoms with Crippen molar-refractivity contribution in [3.05, 3.63) is 29.3 Å². The fourth-order valence-corrected chi connectivity index (χ4v) is 1.16. The summed E-state index contributed by atoms with van der Waals surface area (Å²) in [6, 6.07) is 3.37. The van der Waals surface area contributed by atoms with Crippen LogP contribution in [0, 0.1) is 6.92 Å². The first-order valence-electron chi connectivity index (χ1n) is 4.46. The van der Waals surface area contributed by atoms with E-state index in [2.05, 4.69) is 0 Å². The molecule has 15 heavy (non-hydrogen) atoms. The third-order valence-electron chi connectivity index (χ3n) is 1.88. The van der Waals surface area contributed by atoms with E-state index < -0.39 is 11.7 Å². The molecule has 2 nitrogen and oxygen atoms in total. The number of ether oxygens (including phenoxy) is 1. The van der Waals surface area contributed by atoms with Crippen molar-refractivity contribution in [1.82, 2.24) is 0 Å². The Morgan fingerprint density at radius 3 is 2.47 bits per heavy atom. The third-order valence-corrected chi connectivity index (χ3v) is 1.88. The van der Waals surface area contributed by atoms with Crippen LogP contribution in [0.25, 0.3) is 0 Å². The Labute approximate surface area is 85.8 Å². The second-order valence-electron chi connectivity index (χ2n) is 3.12. The maximum absolute atomic E-state index is 12.3. The van der Waals surface area contributed by atoms with Crippen LogP contribution in [-0.2, 0) is 6.18 Å². The van der Waals surface area contributed by atoms with E-state index >= 15 is 0 Å². The number of hydrogen-bond donors (Lipinski definition) is 1. The molecule has 0 amide bonds. The van der Waals surface area contributed by atoms with Crippen molar-refractivity contribution < 1.29 is 17.9 Å². The second-order valence-corrected chi connectivity index (χ2v) is 3.12. The zero-order valence-electron chi connectivity index (χ0n) is 8.27. The van der Waals surface area contributed by atoms with Gasteiger partial charge in [-0.2, -0.15) is 13.2 Å². The molecule has 0 aliphatic heterocycles. The Morgan fingerprint density at radius 2 is 2.00 bits per heavy atom. The van der Waals surface area contributed by atoms with Crippen LogP contribution in [-0.4, -0.2) is 13.2 Å². The first-order valence-corrected chi connectivity index (χ1v) is 4.46. The molecule has 0 unspecified atom stereocenters. The highest BCUT2D eigenvalue weighted by molar-refractivity contribution is 5.37. The molecule has 5 heteroatoms. The quantitative estimate of drug-likeness (QED) is 0.846. The predicted molar refractivity (Wildman–Crippen MR) is 50.7 cm³/mol. The molecule has 0 saturated carbocycles. The molecule has 1 aromatic carbocycles. The van der Waals surface area contributed by atoms with Gasteiger partial charge in [0.2, 0.25) is 0 Å². The molecule has 2 N–H and O–H groups in total. The van der Waals surface area contributed by atoms with Crippen molar-refractivity contribution in [2.24, 2.45) is 5.73 Å². The smallest absolute Gasteiger partial charge is 0.416 e. The van der Waals surface area contributed by atoms with Gasteiger partial charge in [-0.3, -0.25) is 0 Å². The Bertz CT molecular complexity index is 336. The SMILES string of the molecule is Cc1cc(C(F)(F)F)ccc1OCCN. The summed E-state index contributed by atoms with van der Waals surface area (Å²) in [5.74, 6) is 0.438. The highest BCUT2D eigenvalue weighted by atomic mass is 19.4. The molecule has 0 spiro atoms. The van der Waals surface area contributed by atoms with Crippen molar-refractivity contribution in [3.8, 4) is 5.75 Å². The van der Waals surface area contributed by atoms with Crippen LogP contribution in [0.2, 0.25) is 0 Å². The number of benzene rings is 1. The summed E-state index contributed by atoms with van der Waals surface area (Å²) >= 11 is 0. The van der Waals surface area contributed by atoms with Crippen LogP contribution in [0.5, 0.6) is 5.75 Å². The standard InChI is InChI=1S/C10H12F3NO/c1-7-6-8(10(11,12)13)2-3-9(7)15-5-4-14/h2-3,6H,4-5,14H2,1H3. The minimum atomic E-state index is -4.31. The highest BCUT2D eigenvalue weighted by Gasteiger charge is 2.30. The van der Waals surface area contributed by atoms with Crippen LogP contribution in [0.3, 0.4) is 0 Å². The van der Waals surface area contributed by atoms with Gasteiger partial charge >= 0.3 is 6.18 Å². The van der Waals surface area contributed by atoms with Gasteiger partial charge < -0.3 is 10.5 Å². The van der Waals surface area contributed by atoms with E-state index in [0.717, 1.165) is 12.1 Å². The van der Waals surface area contributed by atoms with Gasteiger partial charge in [0, 0.05) is 6.54 Å². The zero-order valence-corrected chi connectivity index (χ0v) is 8.27. The molecule has 0 heterocycles. The molecule has 0 aromatic heterocycles. The molecule has 0 fully saturated rings. The van der Waals surface area contributed by atoms with E-state index in [9.17, 15) is 13.2 Å². The first kappa shape index (κ1) is 11.8. The molecule has 0 aliphatic rings. The Hall–Kier alpha value is -1.23. The molecular weight excluding hydrogens is 207 g/mol. The van der Waals surface area contributed by atoms with Crippen molar-refractivity contribution >= 4 is 0 Å². The van der Waals surface area contributed by atoms with Gasteiger partial charge in [-0.05, 0) is 30.7 Å². The number of rotatable bonds is 3. The van der Waals surface area contributed by atoms with Crippen molar-refractivity contribution in [1.29, 1.82) is 0 Å². The van der Waals surface area contributed by atoms with Gasteiger partial charge in [0.15, 0.2) is 0 Å². The normalized spacial score (nSPS) is 11.5. The number of alkyl halides is 3. The molecule has 1 aromatic rings. The third kappa shape index (κ3) is 3.13. The van der Waals surface area contributed by atoms with Gasteiger partial charge in [-0.15, -0.1) is 0 Å². The average molecular weight is 219 g/mol. The lowest BCUT2D eigenvalue weighted by Gasteiger charge is -2.11. The van der Waals surface area contributed by atoms with Crippen LogP contribution in [0.15, 0.2) is 18.2 Å². The predicted octanol–water partition coefficient (Wildman–Crippen LogP) is 2.35. The average Bonchev–Trinajstić information content (AvgIpc) is 2.14. The Morgan fingerprint density at radius 1 is 1.33 bits per heavy atom. The lowest BCUT2D eigenvalue weighted by molar-refractivity contribution is -0.137. The minimum Gasteiger partial charge on any atom is -0.492 e. The van der Waals surface area contributed by atoms with Gasteiger partial charge in [-0.25, -0.2) is 0 Å². The van der Waals surface area contributed by atoms with E-state index in [-0.39, 0.29) is 0 Å². The minimum absolute atomic E-state index is 0.298. The molecule has 0 saturated heterocycles. The maximum Gasteiger partial charge on any atom is 0.416 e. The highest BCUT2D eigenvalue weighted by Crippen LogP contribution is 2.32. The molecule has 0 radical (unpaired) electrons. The fraction of sp³-hybridized carbons (Fsp3) is 0.400. The van der Waals surface area contributed by atoms with E-state index in [1.807, 2.05) is 0 Å². The molecule has 0 bridgehead atoms. The molecule has 84 valence electrons.